The van der Waals surface area contributed by atoms with Gasteiger partial charge in [0.25, 0.3) is 0 Å². The lowest BCUT2D eigenvalue weighted by atomic mass is 9.95. The Labute approximate surface area is 128 Å². The van der Waals surface area contributed by atoms with Gasteiger partial charge in [-0.15, -0.1) is 0 Å². The van der Waals surface area contributed by atoms with Crippen molar-refractivity contribution in [3.8, 4) is 0 Å². The summed E-state index contributed by atoms with van der Waals surface area (Å²) < 4.78 is 37.8. The van der Waals surface area contributed by atoms with E-state index < -0.39 is 36.6 Å². The molecular weight excluding hydrogens is 301 g/mol. The van der Waals surface area contributed by atoms with Crippen molar-refractivity contribution in [3.63, 3.8) is 0 Å². The van der Waals surface area contributed by atoms with Crippen LogP contribution < -0.4 is 0 Å². The number of aliphatic carboxylic acids is 1. The Bertz CT molecular complexity index is 401. The lowest BCUT2D eigenvalue weighted by Crippen LogP contribution is -2.50. The molecule has 1 rings (SSSR count). The van der Waals surface area contributed by atoms with Crippen LogP contribution in [0.5, 0.6) is 0 Å². The third-order valence-electron chi connectivity index (χ3n) is 3.88. The molecule has 0 radical (unpaired) electrons. The van der Waals surface area contributed by atoms with Gasteiger partial charge in [-0.2, -0.15) is 13.2 Å². The zero-order valence-corrected chi connectivity index (χ0v) is 12.9. The predicted octanol–water partition coefficient (Wildman–Crippen LogP) is 1.97. The monoisotopic (exact) mass is 324 g/mol. The Morgan fingerprint density at radius 1 is 1.41 bits per heavy atom. The van der Waals surface area contributed by atoms with E-state index in [4.69, 9.17) is 5.11 Å². The minimum absolute atomic E-state index is 0.0589. The van der Waals surface area contributed by atoms with Crippen LogP contribution in [0, 0.1) is 5.92 Å². The second-order valence-corrected chi connectivity index (χ2v) is 5.72. The highest BCUT2D eigenvalue weighted by Crippen LogP contribution is 2.23. The number of carbonyl (C=O) groups is 2. The van der Waals surface area contributed by atoms with Gasteiger partial charge in [0, 0.05) is 13.1 Å². The van der Waals surface area contributed by atoms with Crippen LogP contribution in [0.15, 0.2) is 0 Å². The number of carboxylic acid groups (broad SMARTS) is 1. The van der Waals surface area contributed by atoms with Gasteiger partial charge in [0.2, 0.25) is 5.91 Å². The van der Waals surface area contributed by atoms with E-state index in [1.807, 2.05) is 0 Å². The lowest BCUT2D eigenvalue weighted by molar-refractivity contribution is -0.165. The molecule has 1 amide bonds. The summed E-state index contributed by atoms with van der Waals surface area (Å²) in [5.41, 5.74) is 0. The molecule has 0 aromatic heterocycles. The van der Waals surface area contributed by atoms with Crippen LogP contribution in [0.25, 0.3) is 0 Å². The summed E-state index contributed by atoms with van der Waals surface area (Å²) in [7, 11) is 0. The van der Waals surface area contributed by atoms with Crippen LogP contribution in [-0.2, 0) is 9.59 Å². The van der Waals surface area contributed by atoms with E-state index in [1.165, 1.54) is 6.92 Å². The molecule has 22 heavy (non-hydrogen) atoms. The number of carboxylic acids is 1. The van der Waals surface area contributed by atoms with Crippen molar-refractivity contribution in [2.45, 2.75) is 45.3 Å². The molecule has 0 aromatic rings. The van der Waals surface area contributed by atoms with Gasteiger partial charge in [0.05, 0.1) is 5.92 Å². The van der Waals surface area contributed by atoms with E-state index in [2.05, 4.69) is 0 Å². The second-order valence-electron chi connectivity index (χ2n) is 5.72. The average molecular weight is 324 g/mol. The normalized spacial score (nSPS) is 21.4. The van der Waals surface area contributed by atoms with Crippen LogP contribution in [0.3, 0.4) is 0 Å². The van der Waals surface area contributed by atoms with E-state index >= 15 is 0 Å². The van der Waals surface area contributed by atoms with Gasteiger partial charge in [-0.1, -0.05) is 6.92 Å². The van der Waals surface area contributed by atoms with Crippen molar-refractivity contribution in [3.05, 3.63) is 0 Å². The van der Waals surface area contributed by atoms with Crippen molar-refractivity contribution in [2.75, 3.05) is 26.2 Å². The molecule has 1 saturated heterocycles. The first-order chi connectivity index (χ1) is 10.2. The van der Waals surface area contributed by atoms with E-state index in [0.717, 1.165) is 4.90 Å². The molecule has 128 valence electrons. The molecule has 8 heteroatoms. The van der Waals surface area contributed by atoms with Gasteiger partial charge >= 0.3 is 12.1 Å². The molecule has 0 saturated carbocycles. The number of amides is 1. The number of carbonyl (C=O) groups excluding carboxylic acids is 1. The average Bonchev–Trinajstić information content (AvgIpc) is 2.44. The maximum absolute atomic E-state index is 12.6. The lowest BCUT2D eigenvalue weighted by Gasteiger charge is -2.36. The summed E-state index contributed by atoms with van der Waals surface area (Å²) in [4.78, 5) is 25.9. The number of hydrogen-bond acceptors (Lipinski definition) is 3. The summed E-state index contributed by atoms with van der Waals surface area (Å²) in [5, 5.41) is 9.02. The molecule has 0 unspecified atom stereocenters. The van der Waals surface area contributed by atoms with Gasteiger partial charge in [-0.25, -0.2) is 0 Å². The Kier molecular flexibility index (Phi) is 6.65. The van der Waals surface area contributed by atoms with Gasteiger partial charge in [-0.3, -0.25) is 14.5 Å². The van der Waals surface area contributed by atoms with Crippen LogP contribution in [0.1, 0.15) is 33.1 Å². The summed E-state index contributed by atoms with van der Waals surface area (Å²) in [5.74, 6) is -2.08. The van der Waals surface area contributed by atoms with Crippen molar-refractivity contribution in [1.82, 2.24) is 9.80 Å². The number of piperidine rings is 1. The number of likely N-dealkylation sites (tertiary alicyclic amines) is 1. The van der Waals surface area contributed by atoms with Crippen molar-refractivity contribution >= 4 is 11.9 Å². The fraction of sp³-hybridized carbons (Fsp3) is 0.857. The van der Waals surface area contributed by atoms with Gasteiger partial charge in [-0.05, 0) is 32.7 Å². The maximum atomic E-state index is 12.6. The molecule has 1 aliphatic rings. The number of halogens is 3. The number of hydrogen-bond donors (Lipinski definition) is 1. The summed E-state index contributed by atoms with van der Waals surface area (Å²) >= 11 is 0. The third-order valence-corrected chi connectivity index (χ3v) is 3.88. The predicted molar refractivity (Wildman–Crippen MR) is 74.3 cm³/mol. The molecule has 1 heterocycles. The highest BCUT2D eigenvalue weighted by molar-refractivity contribution is 5.79. The summed E-state index contributed by atoms with van der Waals surface area (Å²) in [6.45, 7) is 2.80. The number of rotatable bonds is 6. The van der Waals surface area contributed by atoms with Crippen molar-refractivity contribution in [1.29, 1.82) is 0 Å². The first kappa shape index (κ1) is 18.7. The fourth-order valence-corrected chi connectivity index (χ4v) is 2.73. The summed E-state index contributed by atoms with van der Waals surface area (Å²) in [6.07, 6.45) is -2.86. The molecule has 1 aliphatic heterocycles. The first-order valence-electron chi connectivity index (χ1n) is 7.48. The van der Waals surface area contributed by atoms with E-state index in [1.54, 1.807) is 11.8 Å². The second kappa shape index (κ2) is 7.80. The molecular formula is C14H23F3N2O3. The maximum Gasteiger partial charge on any atom is 0.406 e. The molecule has 0 spiro atoms. The topological polar surface area (TPSA) is 60.9 Å². The third kappa shape index (κ3) is 5.47. The Hall–Kier alpha value is -1.31. The number of nitrogens with zero attached hydrogens (tertiary/aromatic N) is 2. The molecule has 5 nitrogen and oxygen atoms in total. The zero-order valence-electron chi connectivity index (χ0n) is 12.9. The Balaban J connectivity index is 2.74. The van der Waals surface area contributed by atoms with E-state index in [-0.39, 0.29) is 13.1 Å². The zero-order chi connectivity index (χ0) is 16.9. The fourth-order valence-electron chi connectivity index (χ4n) is 2.73. The van der Waals surface area contributed by atoms with Crippen LogP contribution in [-0.4, -0.2) is 65.2 Å². The Morgan fingerprint density at radius 2 is 2.05 bits per heavy atom. The van der Waals surface area contributed by atoms with Crippen molar-refractivity contribution in [2.24, 2.45) is 5.92 Å². The molecule has 2 atom stereocenters. The van der Waals surface area contributed by atoms with E-state index in [9.17, 15) is 22.8 Å². The molecule has 0 bridgehead atoms. The van der Waals surface area contributed by atoms with Crippen LogP contribution >= 0.6 is 0 Å². The van der Waals surface area contributed by atoms with Gasteiger partial charge in [0.1, 0.15) is 12.6 Å². The first-order valence-corrected chi connectivity index (χ1v) is 7.48. The highest BCUT2D eigenvalue weighted by atomic mass is 19.4. The minimum atomic E-state index is -4.42. The highest BCUT2D eigenvalue weighted by Gasteiger charge is 2.37. The molecule has 1 fully saturated rings. The van der Waals surface area contributed by atoms with Gasteiger partial charge < -0.3 is 10.0 Å². The van der Waals surface area contributed by atoms with E-state index in [0.29, 0.717) is 25.8 Å². The summed E-state index contributed by atoms with van der Waals surface area (Å²) in [6, 6.07) is -0.738. The standard InChI is InChI=1S/C14H23F3N2O3/c1-3-6-19(9-14(15,16)17)12(20)11-5-4-7-18(8-11)10(2)13(21)22/h10-11H,3-9H2,1-2H3,(H,21,22)/t10-,11-/m1/s1. The van der Waals surface area contributed by atoms with Crippen LogP contribution in [0.2, 0.25) is 0 Å². The molecule has 0 aromatic carbocycles. The largest absolute Gasteiger partial charge is 0.480 e. The SMILES string of the molecule is CCCN(CC(F)(F)F)C(=O)[C@@H]1CCCN([C@H](C)C(=O)O)C1. The van der Waals surface area contributed by atoms with Gasteiger partial charge in [0.15, 0.2) is 0 Å². The van der Waals surface area contributed by atoms with Crippen LogP contribution in [0.4, 0.5) is 13.2 Å². The number of alkyl halides is 3. The minimum Gasteiger partial charge on any atom is -0.480 e. The Morgan fingerprint density at radius 3 is 2.55 bits per heavy atom. The molecule has 1 N–H and O–H groups in total. The van der Waals surface area contributed by atoms with Crippen molar-refractivity contribution < 1.29 is 27.9 Å². The quantitative estimate of drug-likeness (QED) is 0.811. The smallest absolute Gasteiger partial charge is 0.406 e. The molecule has 0 aliphatic carbocycles.